The predicted molar refractivity (Wildman–Crippen MR) is 109 cm³/mol. The van der Waals surface area contributed by atoms with E-state index >= 15 is 0 Å². The number of thioether (sulfide) groups is 1. The lowest BCUT2D eigenvalue weighted by Gasteiger charge is -2.03. The molecule has 0 unspecified atom stereocenters. The third kappa shape index (κ3) is 5.18. The minimum absolute atomic E-state index is 0.138. The van der Waals surface area contributed by atoms with E-state index in [1.165, 1.54) is 23.1 Å². The molecule has 0 bridgehead atoms. The molecule has 3 rings (SSSR count). The number of pyridine rings is 1. The van der Waals surface area contributed by atoms with E-state index in [2.05, 4.69) is 31.2 Å². The molecule has 128 valence electrons. The van der Waals surface area contributed by atoms with Gasteiger partial charge in [0.2, 0.25) is 5.91 Å². The van der Waals surface area contributed by atoms with Gasteiger partial charge in [0.05, 0.1) is 16.5 Å². The maximum Gasteiger partial charge on any atom is 0.235 e. The molecular weight excluding hydrogens is 465 g/mol. The smallest absolute Gasteiger partial charge is 0.235 e. The number of thiazole rings is 1. The fraction of sp³-hybridized carbons (Fsp3) is 0.0625. The van der Waals surface area contributed by atoms with Crippen molar-refractivity contribution in [3.8, 4) is 11.3 Å². The number of amides is 1. The summed E-state index contributed by atoms with van der Waals surface area (Å²) in [6.45, 7) is 0. The fourth-order valence-electron chi connectivity index (χ4n) is 1.90. The molecule has 0 aliphatic rings. The Kier molecular flexibility index (Phi) is 6.35. The van der Waals surface area contributed by atoms with E-state index in [0.717, 1.165) is 20.1 Å². The molecule has 9 heteroatoms. The zero-order chi connectivity index (χ0) is 17.8. The minimum Gasteiger partial charge on any atom is -0.310 e. The molecule has 2 aromatic heterocycles. The van der Waals surface area contributed by atoms with Gasteiger partial charge >= 0.3 is 0 Å². The van der Waals surface area contributed by atoms with E-state index < -0.39 is 0 Å². The van der Waals surface area contributed by atoms with Gasteiger partial charge < -0.3 is 5.32 Å². The van der Waals surface area contributed by atoms with E-state index in [4.69, 9.17) is 23.2 Å². The average molecular weight is 475 g/mol. The van der Waals surface area contributed by atoms with Gasteiger partial charge in [0.15, 0.2) is 4.34 Å². The SMILES string of the molecule is O=C(CSc1nc(-c2ccc(Cl)cc2Cl)cs1)Nc1ccc(Br)cn1. The van der Waals surface area contributed by atoms with Crippen LogP contribution in [0.4, 0.5) is 5.82 Å². The standard InChI is InChI=1S/C16H10BrCl2N3OS2/c17-9-1-4-14(20-6-9)22-15(23)8-25-16-21-13(7-24-16)11-3-2-10(18)5-12(11)19/h1-7H,8H2,(H,20,22,23). The van der Waals surface area contributed by atoms with E-state index in [1.807, 2.05) is 17.5 Å². The summed E-state index contributed by atoms with van der Waals surface area (Å²) in [7, 11) is 0. The Morgan fingerprint density at radius 1 is 1.28 bits per heavy atom. The highest BCUT2D eigenvalue weighted by Gasteiger charge is 2.11. The van der Waals surface area contributed by atoms with Gasteiger partial charge in [-0.25, -0.2) is 9.97 Å². The lowest BCUT2D eigenvalue weighted by Crippen LogP contribution is -2.14. The molecule has 25 heavy (non-hydrogen) atoms. The summed E-state index contributed by atoms with van der Waals surface area (Å²) >= 11 is 18.2. The zero-order valence-corrected chi connectivity index (χ0v) is 17.2. The molecule has 0 saturated carbocycles. The highest BCUT2D eigenvalue weighted by molar-refractivity contribution is 9.10. The molecule has 0 saturated heterocycles. The summed E-state index contributed by atoms with van der Waals surface area (Å²) in [6, 6.07) is 8.84. The van der Waals surface area contributed by atoms with Crippen molar-refractivity contribution in [2.24, 2.45) is 0 Å². The number of aromatic nitrogens is 2. The molecule has 4 nitrogen and oxygen atoms in total. The number of nitrogens with zero attached hydrogens (tertiary/aromatic N) is 2. The number of rotatable bonds is 5. The lowest BCUT2D eigenvalue weighted by atomic mass is 10.2. The van der Waals surface area contributed by atoms with Gasteiger partial charge in [0, 0.05) is 26.6 Å². The molecular formula is C16H10BrCl2N3OS2. The van der Waals surface area contributed by atoms with Gasteiger partial charge in [-0.3, -0.25) is 4.79 Å². The lowest BCUT2D eigenvalue weighted by molar-refractivity contribution is -0.113. The highest BCUT2D eigenvalue weighted by Crippen LogP contribution is 2.33. The number of nitrogens with one attached hydrogen (secondary N) is 1. The van der Waals surface area contributed by atoms with Crippen molar-refractivity contribution in [3.05, 3.63) is 56.4 Å². The van der Waals surface area contributed by atoms with E-state index in [9.17, 15) is 4.79 Å². The Hall–Kier alpha value is -1.12. The molecule has 1 aromatic carbocycles. The number of hydrogen-bond acceptors (Lipinski definition) is 5. The number of carbonyl (C=O) groups is 1. The topological polar surface area (TPSA) is 54.9 Å². The van der Waals surface area contributed by atoms with Gasteiger partial charge in [-0.05, 0) is 46.3 Å². The van der Waals surface area contributed by atoms with Crippen LogP contribution in [-0.2, 0) is 4.79 Å². The maximum atomic E-state index is 12.0. The van der Waals surface area contributed by atoms with Gasteiger partial charge in [0.1, 0.15) is 5.82 Å². The first-order chi connectivity index (χ1) is 12.0. The number of halogens is 3. The maximum absolute atomic E-state index is 12.0. The molecule has 1 amide bonds. The number of anilines is 1. The molecule has 3 aromatic rings. The van der Waals surface area contributed by atoms with Crippen molar-refractivity contribution >= 4 is 74.0 Å². The number of carbonyl (C=O) groups excluding carboxylic acids is 1. The Morgan fingerprint density at radius 3 is 2.84 bits per heavy atom. The van der Waals surface area contributed by atoms with Crippen molar-refractivity contribution in [1.29, 1.82) is 0 Å². The molecule has 0 aliphatic heterocycles. The van der Waals surface area contributed by atoms with Crippen molar-refractivity contribution in [2.75, 3.05) is 11.1 Å². The normalized spacial score (nSPS) is 10.7. The second-order valence-electron chi connectivity index (χ2n) is 4.82. The van der Waals surface area contributed by atoms with Crippen molar-refractivity contribution in [1.82, 2.24) is 9.97 Å². The van der Waals surface area contributed by atoms with Crippen LogP contribution < -0.4 is 5.32 Å². The fourth-order valence-corrected chi connectivity index (χ4v) is 4.27. The van der Waals surface area contributed by atoms with Crippen LogP contribution in [0.3, 0.4) is 0 Å². The molecule has 0 spiro atoms. The summed E-state index contributed by atoms with van der Waals surface area (Å²) in [5.74, 6) is 0.627. The third-order valence-corrected chi connectivity index (χ3v) is 6.05. The van der Waals surface area contributed by atoms with Gasteiger partial charge in [-0.1, -0.05) is 35.0 Å². The van der Waals surface area contributed by atoms with Crippen LogP contribution in [-0.4, -0.2) is 21.6 Å². The van der Waals surface area contributed by atoms with Crippen LogP contribution in [0, 0.1) is 0 Å². The van der Waals surface area contributed by atoms with Gasteiger partial charge in [-0.15, -0.1) is 11.3 Å². The number of hydrogen-bond donors (Lipinski definition) is 1. The first-order valence-electron chi connectivity index (χ1n) is 6.96. The van der Waals surface area contributed by atoms with E-state index in [1.54, 1.807) is 24.4 Å². The molecule has 2 heterocycles. The van der Waals surface area contributed by atoms with Crippen LogP contribution in [0.25, 0.3) is 11.3 Å². The monoisotopic (exact) mass is 473 g/mol. The summed E-state index contributed by atoms with van der Waals surface area (Å²) in [5, 5.41) is 5.78. The highest BCUT2D eigenvalue weighted by atomic mass is 79.9. The van der Waals surface area contributed by atoms with Crippen molar-refractivity contribution in [3.63, 3.8) is 0 Å². The van der Waals surface area contributed by atoms with Crippen LogP contribution in [0.15, 0.2) is 50.7 Å². The summed E-state index contributed by atoms with van der Waals surface area (Å²) < 4.78 is 1.65. The second-order valence-corrected chi connectivity index (χ2v) is 8.66. The Bertz CT molecular complexity index is 903. The average Bonchev–Trinajstić information content (AvgIpc) is 3.04. The first kappa shape index (κ1) is 18.7. The minimum atomic E-state index is -0.138. The van der Waals surface area contributed by atoms with Crippen LogP contribution in [0.1, 0.15) is 0 Å². The quantitative estimate of drug-likeness (QED) is 0.460. The largest absolute Gasteiger partial charge is 0.310 e. The second kappa shape index (κ2) is 8.51. The van der Waals surface area contributed by atoms with Crippen LogP contribution in [0.2, 0.25) is 10.0 Å². The van der Waals surface area contributed by atoms with E-state index in [-0.39, 0.29) is 11.7 Å². The predicted octanol–water partition coefficient (Wildman–Crippen LogP) is 6.01. The Balaban J connectivity index is 1.59. The van der Waals surface area contributed by atoms with Crippen LogP contribution in [0.5, 0.6) is 0 Å². The van der Waals surface area contributed by atoms with Crippen LogP contribution >= 0.6 is 62.2 Å². The number of benzene rings is 1. The third-order valence-electron chi connectivity index (χ3n) is 3.01. The first-order valence-corrected chi connectivity index (χ1v) is 10.4. The molecule has 1 N–H and O–H groups in total. The summed E-state index contributed by atoms with van der Waals surface area (Å²) in [5.41, 5.74) is 1.59. The summed E-state index contributed by atoms with van der Waals surface area (Å²) in [4.78, 5) is 20.6. The zero-order valence-electron chi connectivity index (χ0n) is 12.5. The van der Waals surface area contributed by atoms with Gasteiger partial charge in [-0.2, -0.15) is 0 Å². The van der Waals surface area contributed by atoms with E-state index in [0.29, 0.717) is 15.9 Å². The molecule has 0 radical (unpaired) electrons. The van der Waals surface area contributed by atoms with Crippen molar-refractivity contribution in [2.45, 2.75) is 4.34 Å². The summed E-state index contributed by atoms with van der Waals surface area (Å²) in [6.07, 6.45) is 1.63. The van der Waals surface area contributed by atoms with Gasteiger partial charge in [0.25, 0.3) is 0 Å². The Morgan fingerprint density at radius 2 is 2.12 bits per heavy atom. The Labute approximate surface area is 171 Å². The van der Waals surface area contributed by atoms with Crippen molar-refractivity contribution < 1.29 is 4.79 Å². The molecule has 0 aliphatic carbocycles. The molecule has 0 atom stereocenters. The molecule has 0 fully saturated rings.